The van der Waals surface area contributed by atoms with Crippen molar-refractivity contribution in [1.82, 2.24) is 15.3 Å². The lowest BCUT2D eigenvalue weighted by Crippen LogP contribution is -2.28. The summed E-state index contributed by atoms with van der Waals surface area (Å²) >= 11 is 7.37. The third-order valence-corrected chi connectivity index (χ3v) is 4.50. The van der Waals surface area contributed by atoms with Crippen molar-refractivity contribution in [1.29, 1.82) is 0 Å². The van der Waals surface area contributed by atoms with E-state index in [1.165, 1.54) is 29.5 Å². The highest BCUT2D eigenvalue weighted by Crippen LogP contribution is 2.26. The van der Waals surface area contributed by atoms with Gasteiger partial charge in [-0.2, -0.15) is 0 Å². The summed E-state index contributed by atoms with van der Waals surface area (Å²) in [5.74, 6) is 0. The van der Waals surface area contributed by atoms with Gasteiger partial charge in [0.15, 0.2) is 0 Å². The van der Waals surface area contributed by atoms with Crippen LogP contribution in [0.2, 0.25) is 5.02 Å². The predicted molar refractivity (Wildman–Crippen MR) is 99.3 cm³/mol. The number of nitro benzene ring substituents is 1. The molecule has 8 nitrogen and oxygen atoms in total. The first kappa shape index (κ1) is 17.8. The van der Waals surface area contributed by atoms with Crippen LogP contribution in [0.4, 0.5) is 16.2 Å². The lowest BCUT2D eigenvalue weighted by molar-refractivity contribution is -0.384. The lowest BCUT2D eigenvalue weighted by Gasteiger charge is -2.08. The number of hydrogen-bond acceptors (Lipinski definition) is 6. The molecule has 0 saturated carbocycles. The molecule has 0 spiro atoms. The molecule has 0 atom stereocenters. The first-order chi connectivity index (χ1) is 12.5. The quantitative estimate of drug-likeness (QED) is 0.504. The fraction of sp³-hybridized carbons (Fsp3) is 0.0625. The van der Waals surface area contributed by atoms with Gasteiger partial charge in [0.2, 0.25) is 0 Å². The van der Waals surface area contributed by atoms with Gasteiger partial charge in [-0.1, -0.05) is 11.6 Å². The molecule has 2 aromatic heterocycles. The van der Waals surface area contributed by atoms with Crippen LogP contribution in [-0.4, -0.2) is 20.9 Å². The number of non-ortho nitro benzene ring substituents is 1. The van der Waals surface area contributed by atoms with Gasteiger partial charge in [0.25, 0.3) is 5.69 Å². The van der Waals surface area contributed by atoms with Crippen LogP contribution in [0.25, 0.3) is 11.3 Å². The molecule has 0 radical (unpaired) electrons. The Morgan fingerprint density at radius 1 is 1.27 bits per heavy atom. The summed E-state index contributed by atoms with van der Waals surface area (Å²) in [4.78, 5) is 30.5. The van der Waals surface area contributed by atoms with E-state index in [0.717, 1.165) is 16.3 Å². The second-order valence-corrected chi connectivity index (χ2v) is 6.44. The van der Waals surface area contributed by atoms with Gasteiger partial charge in [-0.25, -0.2) is 9.78 Å². The molecule has 0 unspecified atom stereocenters. The van der Waals surface area contributed by atoms with Gasteiger partial charge in [0, 0.05) is 35.5 Å². The van der Waals surface area contributed by atoms with Crippen molar-refractivity contribution in [3.05, 3.63) is 68.3 Å². The Kier molecular flexibility index (Phi) is 5.40. The molecule has 26 heavy (non-hydrogen) atoms. The number of anilines is 1. The maximum atomic E-state index is 12.0. The van der Waals surface area contributed by atoms with Crippen LogP contribution in [0, 0.1) is 10.1 Å². The van der Waals surface area contributed by atoms with E-state index in [2.05, 4.69) is 20.6 Å². The number of nitrogens with one attached hydrogen (secondary N) is 2. The standard InChI is InChI=1S/C16H12ClN5O3S/c17-12-7-11(22(24)25)1-2-13(12)21-16(23)19-8-15-20-14(9-26-15)10-3-5-18-6-4-10/h1-7,9H,8H2,(H2,19,21,23). The van der Waals surface area contributed by atoms with E-state index in [4.69, 9.17) is 11.6 Å². The molecule has 2 amide bonds. The average Bonchev–Trinajstić information content (AvgIpc) is 3.11. The van der Waals surface area contributed by atoms with Crippen molar-refractivity contribution in [2.75, 3.05) is 5.32 Å². The van der Waals surface area contributed by atoms with Gasteiger partial charge in [-0.15, -0.1) is 11.3 Å². The molecule has 2 heterocycles. The number of carbonyl (C=O) groups is 1. The minimum atomic E-state index is -0.557. The summed E-state index contributed by atoms with van der Waals surface area (Å²) in [5.41, 5.74) is 1.90. The molecule has 0 bridgehead atoms. The Morgan fingerprint density at radius 2 is 2.04 bits per heavy atom. The fourth-order valence-electron chi connectivity index (χ4n) is 2.09. The molecule has 0 aliphatic heterocycles. The van der Waals surface area contributed by atoms with Gasteiger partial charge in [-0.3, -0.25) is 15.1 Å². The van der Waals surface area contributed by atoms with Crippen LogP contribution in [0.5, 0.6) is 0 Å². The number of amides is 2. The number of halogens is 1. The van der Waals surface area contributed by atoms with Crippen molar-refractivity contribution in [3.8, 4) is 11.3 Å². The van der Waals surface area contributed by atoms with E-state index in [-0.39, 0.29) is 22.9 Å². The number of hydrogen-bond donors (Lipinski definition) is 2. The monoisotopic (exact) mass is 389 g/mol. The largest absolute Gasteiger partial charge is 0.331 e. The normalized spacial score (nSPS) is 10.3. The maximum Gasteiger partial charge on any atom is 0.319 e. The zero-order chi connectivity index (χ0) is 18.5. The SMILES string of the molecule is O=C(NCc1nc(-c2ccncc2)cs1)Nc1ccc([N+](=O)[O-])cc1Cl. The first-order valence-corrected chi connectivity index (χ1v) is 8.62. The van der Waals surface area contributed by atoms with Crippen LogP contribution >= 0.6 is 22.9 Å². The summed E-state index contributed by atoms with van der Waals surface area (Å²) < 4.78 is 0. The van der Waals surface area contributed by atoms with Gasteiger partial charge in [0.05, 0.1) is 27.9 Å². The Balaban J connectivity index is 1.58. The fourth-order valence-corrected chi connectivity index (χ4v) is 3.05. The Labute approximate surface area is 157 Å². The van der Waals surface area contributed by atoms with Crippen LogP contribution < -0.4 is 10.6 Å². The van der Waals surface area contributed by atoms with Crippen molar-refractivity contribution < 1.29 is 9.72 Å². The number of benzene rings is 1. The van der Waals surface area contributed by atoms with E-state index in [1.807, 2.05) is 17.5 Å². The maximum absolute atomic E-state index is 12.0. The van der Waals surface area contributed by atoms with Gasteiger partial charge < -0.3 is 10.6 Å². The summed E-state index contributed by atoms with van der Waals surface area (Å²) in [6.07, 6.45) is 3.38. The Bertz CT molecular complexity index is 948. The molecule has 0 saturated heterocycles. The third-order valence-electron chi connectivity index (χ3n) is 3.34. The minimum Gasteiger partial charge on any atom is -0.331 e. The van der Waals surface area contributed by atoms with Crippen molar-refractivity contribution >= 4 is 40.3 Å². The zero-order valence-corrected chi connectivity index (χ0v) is 14.8. The summed E-state index contributed by atoms with van der Waals surface area (Å²) in [7, 11) is 0. The zero-order valence-electron chi connectivity index (χ0n) is 13.2. The van der Waals surface area contributed by atoms with E-state index < -0.39 is 11.0 Å². The molecule has 3 aromatic rings. The van der Waals surface area contributed by atoms with Gasteiger partial charge in [0.1, 0.15) is 5.01 Å². The lowest BCUT2D eigenvalue weighted by atomic mass is 10.2. The van der Waals surface area contributed by atoms with E-state index in [1.54, 1.807) is 12.4 Å². The number of carbonyl (C=O) groups excluding carboxylic acids is 1. The molecule has 3 rings (SSSR count). The Hall–Kier alpha value is -3.04. The number of nitro groups is 1. The first-order valence-electron chi connectivity index (χ1n) is 7.36. The number of rotatable bonds is 5. The third kappa shape index (κ3) is 4.32. The number of thiazole rings is 1. The molecule has 132 valence electrons. The second-order valence-electron chi connectivity index (χ2n) is 5.09. The highest BCUT2D eigenvalue weighted by atomic mass is 35.5. The van der Waals surface area contributed by atoms with Crippen molar-refractivity contribution in [2.24, 2.45) is 0 Å². The Morgan fingerprint density at radius 3 is 2.73 bits per heavy atom. The van der Waals surface area contributed by atoms with Gasteiger partial charge >= 0.3 is 6.03 Å². The smallest absolute Gasteiger partial charge is 0.319 e. The topological polar surface area (TPSA) is 110 Å². The predicted octanol–water partition coefficient (Wildman–Crippen LogP) is 4.09. The van der Waals surface area contributed by atoms with Crippen LogP contribution in [-0.2, 0) is 6.54 Å². The molecule has 10 heteroatoms. The van der Waals surface area contributed by atoms with Crippen LogP contribution in [0.1, 0.15) is 5.01 Å². The molecule has 0 aliphatic rings. The molecule has 1 aromatic carbocycles. The second kappa shape index (κ2) is 7.89. The number of urea groups is 1. The average molecular weight is 390 g/mol. The van der Waals surface area contributed by atoms with Crippen molar-refractivity contribution in [2.45, 2.75) is 6.54 Å². The molecular formula is C16H12ClN5O3S. The molecular weight excluding hydrogens is 378 g/mol. The number of nitrogens with zero attached hydrogens (tertiary/aromatic N) is 3. The van der Waals surface area contributed by atoms with Crippen LogP contribution in [0.15, 0.2) is 48.1 Å². The van der Waals surface area contributed by atoms with E-state index in [0.29, 0.717) is 0 Å². The summed E-state index contributed by atoms with van der Waals surface area (Å²) in [6.45, 7) is 0.242. The molecule has 0 aliphatic carbocycles. The van der Waals surface area contributed by atoms with E-state index in [9.17, 15) is 14.9 Å². The minimum absolute atomic E-state index is 0.0866. The number of pyridine rings is 1. The van der Waals surface area contributed by atoms with Gasteiger partial charge in [-0.05, 0) is 18.2 Å². The summed E-state index contributed by atoms with van der Waals surface area (Å²) in [6, 6.07) is 7.06. The number of aromatic nitrogens is 2. The molecule has 0 fully saturated rings. The summed E-state index contributed by atoms with van der Waals surface area (Å²) in [5, 5.41) is 18.6. The van der Waals surface area contributed by atoms with Crippen LogP contribution in [0.3, 0.4) is 0 Å². The van der Waals surface area contributed by atoms with Crippen molar-refractivity contribution in [3.63, 3.8) is 0 Å². The highest BCUT2D eigenvalue weighted by molar-refractivity contribution is 7.09. The molecule has 2 N–H and O–H groups in total. The highest BCUT2D eigenvalue weighted by Gasteiger charge is 2.12. The van der Waals surface area contributed by atoms with E-state index >= 15 is 0 Å².